The van der Waals surface area contributed by atoms with Crippen LogP contribution < -0.4 is 10.2 Å². The highest BCUT2D eigenvalue weighted by atomic mass is 19.4. The molecule has 1 saturated heterocycles. The molecule has 2 aliphatic rings. The van der Waals surface area contributed by atoms with E-state index in [1.54, 1.807) is 6.07 Å². The number of piperidine rings is 1. The van der Waals surface area contributed by atoms with Crippen molar-refractivity contribution in [1.29, 1.82) is 0 Å². The minimum Gasteiger partial charge on any atom is -0.356 e. The molecule has 1 aromatic heterocycles. The summed E-state index contributed by atoms with van der Waals surface area (Å²) in [7, 11) is 0. The van der Waals surface area contributed by atoms with E-state index in [-0.39, 0.29) is 17.9 Å². The molecule has 4 nitrogen and oxygen atoms in total. The predicted molar refractivity (Wildman–Crippen MR) is 80.0 cm³/mol. The van der Waals surface area contributed by atoms with Crippen molar-refractivity contribution in [1.82, 2.24) is 10.3 Å². The first-order chi connectivity index (χ1) is 10.9. The van der Waals surface area contributed by atoms with E-state index in [1.807, 2.05) is 4.90 Å². The molecule has 1 saturated carbocycles. The van der Waals surface area contributed by atoms with Crippen molar-refractivity contribution in [2.45, 2.75) is 44.3 Å². The Labute approximate surface area is 133 Å². The van der Waals surface area contributed by atoms with Gasteiger partial charge in [0.2, 0.25) is 5.91 Å². The number of alkyl halides is 3. The number of carbonyl (C=O) groups excluding carboxylic acids is 1. The quantitative estimate of drug-likeness (QED) is 0.928. The molecule has 0 spiro atoms. The van der Waals surface area contributed by atoms with E-state index >= 15 is 0 Å². The van der Waals surface area contributed by atoms with Crippen molar-refractivity contribution >= 4 is 11.7 Å². The van der Waals surface area contributed by atoms with Crippen molar-refractivity contribution < 1.29 is 18.0 Å². The van der Waals surface area contributed by atoms with Gasteiger partial charge in [-0.05, 0) is 37.8 Å². The Hall–Kier alpha value is -1.79. The Morgan fingerprint density at radius 3 is 2.43 bits per heavy atom. The molecule has 23 heavy (non-hydrogen) atoms. The monoisotopic (exact) mass is 327 g/mol. The molecule has 1 aliphatic heterocycles. The molecular weight excluding hydrogens is 307 g/mol. The van der Waals surface area contributed by atoms with Gasteiger partial charge >= 0.3 is 6.18 Å². The fourth-order valence-corrected chi connectivity index (χ4v) is 3.00. The summed E-state index contributed by atoms with van der Waals surface area (Å²) in [5.74, 6) is 0.647. The first-order valence-corrected chi connectivity index (χ1v) is 8.03. The Balaban J connectivity index is 1.55. The molecule has 1 aromatic rings. The standard InChI is InChI=1S/C16H20F3N3O/c17-16(18,19)13-5-2-6-14(21-13)22-9-7-12(8-10-22)20-15(23)11-3-1-4-11/h2,5-6,11-12H,1,3-4,7-10H2,(H,20,23). The van der Waals surface area contributed by atoms with Gasteiger partial charge in [0.1, 0.15) is 11.5 Å². The third-order valence-corrected chi connectivity index (χ3v) is 4.67. The molecular formula is C16H20F3N3O. The maximum atomic E-state index is 12.7. The number of amides is 1. The van der Waals surface area contributed by atoms with Crippen LogP contribution in [-0.4, -0.2) is 30.0 Å². The van der Waals surface area contributed by atoms with Crippen molar-refractivity contribution in [2.75, 3.05) is 18.0 Å². The van der Waals surface area contributed by atoms with Crippen LogP contribution in [0.15, 0.2) is 18.2 Å². The van der Waals surface area contributed by atoms with Gasteiger partial charge in [-0.15, -0.1) is 0 Å². The lowest BCUT2D eigenvalue weighted by Crippen LogP contribution is -2.47. The highest BCUT2D eigenvalue weighted by Gasteiger charge is 2.33. The summed E-state index contributed by atoms with van der Waals surface area (Å²) in [4.78, 5) is 17.5. The second-order valence-electron chi connectivity index (χ2n) is 6.28. The van der Waals surface area contributed by atoms with Gasteiger partial charge in [0.25, 0.3) is 0 Å². The Kier molecular flexibility index (Phi) is 4.46. The van der Waals surface area contributed by atoms with E-state index in [1.165, 1.54) is 6.07 Å². The molecule has 3 rings (SSSR count). The molecule has 0 bridgehead atoms. The maximum absolute atomic E-state index is 12.7. The molecule has 0 radical (unpaired) electrons. The predicted octanol–water partition coefficient (Wildman–Crippen LogP) is 2.99. The normalized spacial score (nSPS) is 20.2. The van der Waals surface area contributed by atoms with Crippen LogP contribution in [0.3, 0.4) is 0 Å². The number of rotatable bonds is 3. The summed E-state index contributed by atoms with van der Waals surface area (Å²) in [6.07, 6.45) is 0.104. The van der Waals surface area contributed by atoms with Gasteiger partial charge in [-0.25, -0.2) is 4.98 Å². The lowest BCUT2D eigenvalue weighted by atomic mass is 9.84. The Morgan fingerprint density at radius 1 is 1.17 bits per heavy atom. The highest BCUT2D eigenvalue weighted by molar-refractivity contribution is 5.79. The topological polar surface area (TPSA) is 45.2 Å². The minimum atomic E-state index is -4.43. The van der Waals surface area contributed by atoms with Crippen molar-refractivity contribution in [3.05, 3.63) is 23.9 Å². The average molecular weight is 327 g/mol. The van der Waals surface area contributed by atoms with E-state index in [0.29, 0.717) is 18.9 Å². The van der Waals surface area contributed by atoms with E-state index < -0.39 is 11.9 Å². The van der Waals surface area contributed by atoms with Crippen LogP contribution in [0.2, 0.25) is 0 Å². The lowest BCUT2D eigenvalue weighted by Gasteiger charge is -2.35. The zero-order valence-corrected chi connectivity index (χ0v) is 12.8. The average Bonchev–Trinajstić information content (AvgIpc) is 2.45. The molecule has 0 unspecified atom stereocenters. The van der Waals surface area contributed by atoms with E-state index in [0.717, 1.165) is 38.2 Å². The van der Waals surface area contributed by atoms with Gasteiger partial charge in [-0.3, -0.25) is 4.79 Å². The molecule has 1 amide bonds. The number of carbonyl (C=O) groups is 1. The van der Waals surface area contributed by atoms with E-state index in [2.05, 4.69) is 10.3 Å². The van der Waals surface area contributed by atoms with Crippen LogP contribution in [0.1, 0.15) is 37.8 Å². The zero-order valence-electron chi connectivity index (χ0n) is 12.8. The summed E-state index contributed by atoms with van der Waals surface area (Å²) in [6.45, 7) is 1.20. The maximum Gasteiger partial charge on any atom is 0.433 e. The number of nitrogens with zero attached hydrogens (tertiary/aromatic N) is 2. The van der Waals surface area contributed by atoms with Crippen LogP contribution in [-0.2, 0) is 11.0 Å². The summed E-state index contributed by atoms with van der Waals surface area (Å²) in [5.41, 5.74) is -0.865. The third kappa shape index (κ3) is 3.76. The first-order valence-electron chi connectivity index (χ1n) is 8.03. The van der Waals surface area contributed by atoms with Gasteiger partial charge in [0.05, 0.1) is 0 Å². The van der Waals surface area contributed by atoms with Crippen molar-refractivity contribution in [3.63, 3.8) is 0 Å². The Bertz CT molecular complexity index is 564. The van der Waals surface area contributed by atoms with Gasteiger partial charge in [-0.1, -0.05) is 12.5 Å². The molecule has 2 heterocycles. The fraction of sp³-hybridized carbons (Fsp3) is 0.625. The number of pyridine rings is 1. The van der Waals surface area contributed by atoms with Crippen LogP contribution in [0.4, 0.5) is 19.0 Å². The molecule has 1 N–H and O–H groups in total. The number of aromatic nitrogens is 1. The summed E-state index contributed by atoms with van der Waals surface area (Å²) in [5, 5.41) is 3.06. The van der Waals surface area contributed by atoms with Crippen LogP contribution in [0.5, 0.6) is 0 Å². The molecule has 0 atom stereocenters. The van der Waals surface area contributed by atoms with Gasteiger partial charge in [-0.2, -0.15) is 13.2 Å². The first kappa shape index (κ1) is 16.1. The smallest absolute Gasteiger partial charge is 0.356 e. The van der Waals surface area contributed by atoms with Gasteiger partial charge < -0.3 is 10.2 Å². The second-order valence-corrected chi connectivity index (χ2v) is 6.28. The van der Waals surface area contributed by atoms with Gasteiger partial charge in [0.15, 0.2) is 0 Å². The fourth-order valence-electron chi connectivity index (χ4n) is 3.00. The minimum absolute atomic E-state index is 0.116. The zero-order chi connectivity index (χ0) is 16.4. The van der Waals surface area contributed by atoms with Crippen LogP contribution in [0, 0.1) is 5.92 Å². The lowest BCUT2D eigenvalue weighted by molar-refractivity contribution is -0.141. The number of hydrogen-bond donors (Lipinski definition) is 1. The Morgan fingerprint density at radius 2 is 1.87 bits per heavy atom. The molecule has 2 fully saturated rings. The molecule has 7 heteroatoms. The summed E-state index contributed by atoms with van der Waals surface area (Å²) in [6, 6.07) is 4.08. The van der Waals surface area contributed by atoms with E-state index in [9.17, 15) is 18.0 Å². The number of hydrogen-bond acceptors (Lipinski definition) is 3. The summed E-state index contributed by atoms with van der Waals surface area (Å²) < 4.78 is 38.2. The number of nitrogens with one attached hydrogen (secondary N) is 1. The molecule has 0 aromatic carbocycles. The van der Waals surface area contributed by atoms with Gasteiger partial charge in [0, 0.05) is 25.0 Å². The number of anilines is 1. The summed E-state index contributed by atoms with van der Waals surface area (Å²) >= 11 is 0. The van der Waals surface area contributed by atoms with E-state index in [4.69, 9.17) is 0 Å². The van der Waals surface area contributed by atoms with Crippen LogP contribution >= 0.6 is 0 Å². The molecule has 126 valence electrons. The second kappa shape index (κ2) is 6.37. The molecule has 1 aliphatic carbocycles. The van der Waals surface area contributed by atoms with Crippen LogP contribution in [0.25, 0.3) is 0 Å². The SMILES string of the molecule is O=C(NC1CCN(c2cccc(C(F)(F)F)n2)CC1)C1CCC1. The third-order valence-electron chi connectivity index (χ3n) is 4.67. The largest absolute Gasteiger partial charge is 0.433 e. The van der Waals surface area contributed by atoms with Crippen molar-refractivity contribution in [2.24, 2.45) is 5.92 Å². The number of halogens is 3. The van der Waals surface area contributed by atoms with Crippen molar-refractivity contribution in [3.8, 4) is 0 Å². The highest BCUT2D eigenvalue weighted by Crippen LogP contribution is 2.30.